The molecule has 3 rings (SSSR count). The van der Waals surface area contributed by atoms with Gasteiger partial charge < -0.3 is 20.1 Å². The molecule has 2 heterocycles. The fraction of sp³-hybridized carbons (Fsp3) is 0.409. The molecule has 7 nitrogen and oxygen atoms in total. The van der Waals surface area contributed by atoms with Crippen LogP contribution in [0, 0.1) is 6.92 Å². The van der Waals surface area contributed by atoms with Crippen LogP contribution in [-0.4, -0.2) is 70.1 Å². The number of rotatable bonds is 2. The topological polar surface area (TPSA) is 99.6 Å². The summed E-state index contributed by atoms with van der Waals surface area (Å²) in [4.78, 5) is 26.0. The van der Waals surface area contributed by atoms with E-state index >= 15 is 0 Å². The Morgan fingerprint density at radius 1 is 1.23 bits per heavy atom. The summed E-state index contributed by atoms with van der Waals surface area (Å²) >= 11 is 11.2. The number of nitrogens with zero attached hydrogens (tertiary/aromatic N) is 2. The predicted molar refractivity (Wildman–Crippen MR) is 134 cm³/mol. The highest BCUT2D eigenvalue weighted by Gasteiger charge is 2.33. The molecule has 1 amide bonds. The third-order valence-electron chi connectivity index (χ3n) is 4.22. The van der Waals surface area contributed by atoms with Gasteiger partial charge in [-0.3, -0.25) is 9.00 Å². The number of nitrogens with one attached hydrogen (secondary N) is 1. The number of halogens is 5. The zero-order valence-electron chi connectivity index (χ0n) is 19.5. The van der Waals surface area contributed by atoms with E-state index in [1.807, 2.05) is 6.79 Å². The molecule has 1 aromatic heterocycles. The Kier molecular flexibility index (Phi) is 15.4. The van der Waals surface area contributed by atoms with Gasteiger partial charge in [0.25, 0.3) is 5.91 Å². The number of benzene rings is 1. The minimum absolute atomic E-state index is 0.146. The van der Waals surface area contributed by atoms with Gasteiger partial charge in [0.2, 0.25) is 0 Å². The number of aryl methyl sites for hydroxylation is 1. The van der Waals surface area contributed by atoms with Crippen molar-refractivity contribution in [2.75, 3.05) is 43.6 Å². The van der Waals surface area contributed by atoms with Crippen molar-refractivity contribution in [1.29, 1.82) is 0 Å². The number of hydrogen-bond donors (Lipinski definition) is 2. The van der Waals surface area contributed by atoms with Gasteiger partial charge in [0.1, 0.15) is 6.79 Å². The number of aliphatic hydroxyl groups excluding tert-OH is 1. The van der Waals surface area contributed by atoms with E-state index in [-0.39, 0.29) is 17.5 Å². The Bertz CT molecular complexity index is 971. The van der Waals surface area contributed by atoms with Gasteiger partial charge in [0.05, 0.1) is 21.3 Å². The molecule has 2 aromatic rings. The Labute approximate surface area is 215 Å². The van der Waals surface area contributed by atoms with Gasteiger partial charge in [-0.1, -0.05) is 34.8 Å². The lowest BCUT2D eigenvalue weighted by Gasteiger charge is -2.26. The summed E-state index contributed by atoms with van der Waals surface area (Å²) in [5.41, 5.74) is 0.740. The molecule has 0 radical (unpaired) electrons. The molecule has 0 saturated carbocycles. The number of carbonyl (C=O) groups excluding carboxylic acids is 2. The number of anilines is 1. The monoisotopic (exact) mass is 557 g/mol. The van der Waals surface area contributed by atoms with Gasteiger partial charge in [-0.25, -0.2) is 4.98 Å². The predicted octanol–water partition coefficient (Wildman–Crippen LogP) is 4.46. The van der Waals surface area contributed by atoms with E-state index in [4.69, 9.17) is 33.1 Å². The minimum atomic E-state index is -4.36. The quantitative estimate of drug-likeness (QED) is 0.565. The fourth-order valence-corrected chi connectivity index (χ4v) is 4.08. The molecule has 0 bridgehead atoms. The number of aliphatic hydroxyl groups is 1. The zero-order chi connectivity index (χ0) is 27.2. The zero-order valence-corrected chi connectivity index (χ0v) is 21.8. The van der Waals surface area contributed by atoms with E-state index in [2.05, 4.69) is 10.3 Å². The van der Waals surface area contributed by atoms with E-state index in [0.29, 0.717) is 46.6 Å². The standard InChI is InChI=1S/C11H14ClN3O2S.C8H6ClF3.C2H6O.CH2O/c1-13-9-6-8(12)7-14-10(9)11(16)15-2-4-18(17)5-3-15;1-5-2-3-7(9)6(4-5)8(10,11)12;1-2-3;1-2/h6-7,13H,2-5H2,1H3;2-4H,1H3;3H,2H2,1H3;1H2. The van der Waals surface area contributed by atoms with E-state index in [0.717, 1.165) is 6.07 Å². The van der Waals surface area contributed by atoms with Crippen LogP contribution >= 0.6 is 23.2 Å². The van der Waals surface area contributed by atoms with Crippen LogP contribution in [0.2, 0.25) is 10.0 Å². The average molecular weight is 558 g/mol. The SMILES string of the molecule is C=O.CCO.CNc1cc(Cl)cnc1C(=O)N1CCS(=O)CC1.Cc1ccc(Cl)c(C(F)(F)F)c1. The second-order valence-electron chi connectivity index (χ2n) is 6.74. The van der Waals surface area contributed by atoms with Crippen LogP contribution in [-0.2, 0) is 21.8 Å². The van der Waals surface area contributed by atoms with Crippen molar-refractivity contribution in [3.05, 3.63) is 57.3 Å². The first kappa shape index (κ1) is 32.8. The maximum atomic E-state index is 12.3. The van der Waals surface area contributed by atoms with Gasteiger partial charge in [-0.2, -0.15) is 13.2 Å². The van der Waals surface area contributed by atoms with Crippen LogP contribution < -0.4 is 5.32 Å². The van der Waals surface area contributed by atoms with Crippen molar-refractivity contribution in [2.24, 2.45) is 0 Å². The number of pyridine rings is 1. The van der Waals surface area contributed by atoms with Crippen LogP contribution in [0.15, 0.2) is 30.5 Å². The summed E-state index contributed by atoms with van der Waals surface area (Å²) in [6.45, 7) is 6.55. The minimum Gasteiger partial charge on any atom is -0.397 e. The van der Waals surface area contributed by atoms with Crippen LogP contribution in [0.4, 0.5) is 18.9 Å². The molecule has 0 unspecified atom stereocenters. The van der Waals surface area contributed by atoms with Crippen molar-refractivity contribution < 1.29 is 32.1 Å². The average Bonchev–Trinajstić information content (AvgIpc) is 2.82. The lowest BCUT2D eigenvalue weighted by atomic mass is 10.1. The second kappa shape index (κ2) is 16.5. The summed E-state index contributed by atoms with van der Waals surface area (Å²) in [6.07, 6.45) is -2.90. The largest absolute Gasteiger partial charge is 0.417 e. The smallest absolute Gasteiger partial charge is 0.397 e. The molecule has 0 atom stereocenters. The van der Waals surface area contributed by atoms with Crippen LogP contribution in [0.1, 0.15) is 28.5 Å². The van der Waals surface area contributed by atoms with Crippen molar-refractivity contribution >= 4 is 52.4 Å². The van der Waals surface area contributed by atoms with Crippen molar-refractivity contribution in [3.63, 3.8) is 0 Å². The third kappa shape index (κ3) is 11.4. The first-order valence-electron chi connectivity index (χ1n) is 10.1. The first-order chi connectivity index (χ1) is 16.4. The molecule has 196 valence electrons. The lowest BCUT2D eigenvalue weighted by Crippen LogP contribution is -2.42. The number of carbonyl (C=O) groups is 2. The molecule has 1 aromatic carbocycles. The Hall–Kier alpha value is -2.21. The van der Waals surface area contributed by atoms with Gasteiger partial charge >= 0.3 is 6.18 Å². The number of aromatic nitrogens is 1. The molecule has 13 heteroatoms. The molecule has 1 aliphatic rings. The number of alkyl halides is 3. The molecular formula is C22H28Cl2F3N3O4S. The maximum absolute atomic E-state index is 12.3. The molecule has 0 spiro atoms. The van der Waals surface area contributed by atoms with Crippen LogP contribution in [0.5, 0.6) is 0 Å². The molecule has 2 N–H and O–H groups in total. The van der Waals surface area contributed by atoms with E-state index in [9.17, 15) is 22.2 Å². The van der Waals surface area contributed by atoms with Gasteiger partial charge in [0, 0.05) is 55.2 Å². The number of amides is 1. The Morgan fingerprint density at radius 2 is 1.77 bits per heavy atom. The van der Waals surface area contributed by atoms with Gasteiger partial charge in [-0.15, -0.1) is 0 Å². The molecule has 1 saturated heterocycles. The second-order valence-corrected chi connectivity index (χ2v) is 9.28. The van der Waals surface area contributed by atoms with Gasteiger partial charge in [-0.05, 0) is 32.0 Å². The van der Waals surface area contributed by atoms with E-state index in [1.54, 1.807) is 31.9 Å². The molecular weight excluding hydrogens is 530 g/mol. The Balaban J connectivity index is 0.000000589. The molecule has 35 heavy (non-hydrogen) atoms. The van der Waals surface area contributed by atoms with Crippen molar-refractivity contribution in [1.82, 2.24) is 9.88 Å². The van der Waals surface area contributed by atoms with Crippen LogP contribution in [0.3, 0.4) is 0 Å². The molecule has 1 fully saturated rings. The third-order valence-corrected chi connectivity index (χ3v) is 6.03. The highest BCUT2D eigenvalue weighted by atomic mass is 35.5. The summed E-state index contributed by atoms with van der Waals surface area (Å²) in [7, 11) is 0.922. The highest BCUT2D eigenvalue weighted by Crippen LogP contribution is 2.34. The summed E-state index contributed by atoms with van der Waals surface area (Å²) in [5, 5.41) is 10.7. The molecule has 1 aliphatic heterocycles. The summed E-state index contributed by atoms with van der Waals surface area (Å²) in [6, 6.07) is 5.49. The highest BCUT2D eigenvalue weighted by molar-refractivity contribution is 7.85. The number of hydrogen-bond acceptors (Lipinski definition) is 6. The first-order valence-corrected chi connectivity index (χ1v) is 12.4. The van der Waals surface area contributed by atoms with Crippen molar-refractivity contribution in [2.45, 2.75) is 20.0 Å². The van der Waals surface area contributed by atoms with E-state index < -0.39 is 22.5 Å². The fourth-order valence-electron chi connectivity index (χ4n) is 2.65. The maximum Gasteiger partial charge on any atom is 0.417 e. The van der Waals surface area contributed by atoms with Gasteiger partial charge in [0.15, 0.2) is 5.69 Å². The normalized spacial score (nSPS) is 13.2. The Morgan fingerprint density at radius 3 is 2.23 bits per heavy atom. The molecule has 0 aliphatic carbocycles. The lowest BCUT2D eigenvalue weighted by molar-refractivity contribution is -0.137. The summed E-state index contributed by atoms with van der Waals surface area (Å²) < 4.78 is 47.7. The van der Waals surface area contributed by atoms with E-state index in [1.165, 1.54) is 18.3 Å². The van der Waals surface area contributed by atoms with Crippen LogP contribution in [0.25, 0.3) is 0 Å². The van der Waals surface area contributed by atoms with Crippen molar-refractivity contribution in [3.8, 4) is 0 Å². The summed E-state index contributed by atoms with van der Waals surface area (Å²) in [5.74, 6) is 0.926.